The van der Waals surface area contributed by atoms with Gasteiger partial charge in [-0.3, -0.25) is 4.79 Å². The maximum atomic E-state index is 13.2. The fourth-order valence-electron chi connectivity index (χ4n) is 2.55. The van der Waals surface area contributed by atoms with E-state index in [1.807, 2.05) is 11.8 Å². The van der Waals surface area contributed by atoms with E-state index in [2.05, 4.69) is 15.9 Å². The molecular weight excluding hydrogens is 311 g/mol. The van der Waals surface area contributed by atoms with Gasteiger partial charge < -0.3 is 10.6 Å². The number of likely N-dealkylation sites (tertiary alicyclic amines) is 1. The molecule has 2 atom stereocenters. The molecule has 1 aromatic carbocycles. The molecule has 5 heteroatoms. The van der Waals surface area contributed by atoms with Crippen LogP contribution < -0.4 is 5.73 Å². The zero-order chi connectivity index (χ0) is 14.0. The molecule has 1 amide bonds. The van der Waals surface area contributed by atoms with Crippen LogP contribution in [0.1, 0.15) is 36.5 Å². The van der Waals surface area contributed by atoms with Gasteiger partial charge in [0, 0.05) is 24.2 Å². The Morgan fingerprint density at radius 1 is 1.53 bits per heavy atom. The second-order valence-corrected chi connectivity index (χ2v) is 5.90. The van der Waals surface area contributed by atoms with Gasteiger partial charge in [0.1, 0.15) is 5.82 Å². The molecule has 1 saturated heterocycles. The number of nitrogens with two attached hydrogens (primary N) is 1. The first-order valence-corrected chi connectivity index (χ1v) is 7.31. The highest BCUT2D eigenvalue weighted by atomic mass is 79.9. The van der Waals surface area contributed by atoms with Gasteiger partial charge in [-0.2, -0.15) is 0 Å². The average Bonchev–Trinajstić information content (AvgIpc) is 2.41. The van der Waals surface area contributed by atoms with Crippen molar-refractivity contribution in [2.24, 2.45) is 5.73 Å². The Balaban J connectivity index is 2.23. The van der Waals surface area contributed by atoms with Gasteiger partial charge in [0.2, 0.25) is 0 Å². The molecule has 0 spiro atoms. The molecule has 0 bridgehead atoms. The first kappa shape index (κ1) is 14.5. The lowest BCUT2D eigenvalue weighted by atomic mass is 9.96. The van der Waals surface area contributed by atoms with E-state index in [0.29, 0.717) is 10.0 Å². The summed E-state index contributed by atoms with van der Waals surface area (Å²) in [5, 5.41) is 0. The second kappa shape index (κ2) is 6.01. The lowest BCUT2D eigenvalue weighted by Gasteiger charge is -2.38. The number of amides is 1. The maximum Gasteiger partial charge on any atom is 0.254 e. The van der Waals surface area contributed by atoms with Crippen LogP contribution in [0.3, 0.4) is 0 Å². The highest BCUT2D eigenvalue weighted by Crippen LogP contribution is 2.23. The van der Waals surface area contributed by atoms with Crippen molar-refractivity contribution >= 4 is 21.8 Å². The van der Waals surface area contributed by atoms with Crippen LogP contribution in [0.25, 0.3) is 0 Å². The van der Waals surface area contributed by atoms with E-state index in [1.165, 1.54) is 18.2 Å². The third-order valence-electron chi connectivity index (χ3n) is 3.58. The molecule has 2 rings (SSSR count). The summed E-state index contributed by atoms with van der Waals surface area (Å²) >= 11 is 3.11. The average molecular weight is 329 g/mol. The van der Waals surface area contributed by atoms with Gasteiger partial charge in [0.25, 0.3) is 5.91 Å². The first-order chi connectivity index (χ1) is 9.00. The zero-order valence-electron chi connectivity index (χ0n) is 10.9. The summed E-state index contributed by atoms with van der Waals surface area (Å²) in [5.41, 5.74) is 6.47. The van der Waals surface area contributed by atoms with E-state index < -0.39 is 0 Å². The van der Waals surface area contributed by atoms with Crippen molar-refractivity contribution in [3.8, 4) is 0 Å². The Labute approximate surface area is 121 Å². The molecule has 1 aliphatic heterocycles. The van der Waals surface area contributed by atoms with E-state index in [0.717, 1.165) is 25.8 Å². The van der Waals surface area contributed by atoms with Crippen LogP contribution in [0.5, 0.6) is 0 Å². The van der Waals surface area contributed by atoms with Gasteiger partial charge in [-0.1, -0.05) is 0 Å². The van der Waals surface area contributed by atoms with Crippen molar-refractivity contribution in [3.05, 3.63) is 34.1 Å². The zero-order valence-corrected chi connectivity index (χ0v) is 12.5. The van der Waals surface area contributed by atoms with Gasteiger partial charge in [0.15, 0.2) is 0 Å². The summed E-state index contributed by atoms with van der Waals surface area (Å²) in [6.45, 7) is 2.65. The lowest BCUT2D eigenvalue weighted by Crippen LogP contribution is -2.51. The molecule has 0 saturated carbocycles. The predicted octanol–water partition coefficient (Wildman–Crippen LogP) is 2.93. The summed E-state index contributed by atoms with van der Waals surface area (Å²) in [4.78, 5) is 14.3. The minimum atomic E-state index is -0.362. The smallest absolute Gasteiger partial charge is 0.254 e. The Hall–Kier alpha value is -0.940. The molecule has 1 aliphatic rings. The number of piperidine rings is 1. The van der Waals surface area contributed by atoms with Crippen LogP contribution in [-0.2, 0) is 0 Å². The predicted molar refractivity (Wildman–Crippen MR) is 76.4 cm³/mol. The summed E-state index contributed by atoms with van der Waals surface area (Å²) in [6, 6.07) is 4.39. The van der Waals surface area contributed by atoms with Crippen LogP contribution in [0.2, 0.25) is 0 Å². The van der Waals surface area contributed by atoms with E-state index in [1.54, 1.807) is 0 Å². The molecular formula is C14H18BrFN2O. The molecule has 3 nitrogen and oxygen atoms in total. The van der Waals surface area contributed by atoms with Gasteiger partial charge in [-0.15, -0.1) is 0 Å². The van der Waals surface area contributed by atoms with E-state index in [-0.39, 0.29) is 23.8 Å². The molecule has 1 aromatic rings. The Morgan fingerprint density at radius 2 is 2.26 bits per heavy atom. The summed E-state index contributed by atoms with van der Waals surface area (Å²) in [6.07, 6.45) is 3.03. The number of hydrogen-bond donors (Lipinski definition) is 1. The molecule has 2 N–H and O–H groups in total. The van der Waals surface area contributed by atoms with Crippen LogP contribution in [-0.4, -0.2) is 29.4 Å². The number of nitrogens with zero attached hydrogens (tertiary/aromatic N) is 1. The highest BCUT2D eigenvalue weighted by Gasteiger charge is 2.29. The second-order valence-electron chi connectivity index (χ2n) is 5.05. The monoisotopic (exact) mass is 328 g/mol. The largest absolute Gasteiger partial charge is 0.334 e. The SMILES string of the molecule is C[C@@H](N)[C@@H]1CCCCN1C(=O)c1ccc(F)c(Br)c1. The summed E-state index contributed by atoms with van der Waals surface area (Å²) in [5.74, 6) is -0.429. The van der Waals surface area contributed by atoms with Crippen molar-refractivity contribution in [3.63, 3.8) is 0 Å². The topological polar surface area (TPSA) is 46.3 Å². The highest BCUT2D eigenvalue weighted by molar-refractivity contribution is 9.10. The number of benzene rings is 1. The summed E-state index contributed by atoms with van der Waals surface area (Å²) < 4.78 is 13.5. The normalized spacial score (nSPS) is 21.3. The summed E-state index contributed by atoms with van der Waals surface area (Å²) in [7, 11) is 0. The Kier molecular flexibility index (Phi) is 4.58. The molecule has 19 heavy (non-hydrogen) atoms. The molecule has 104 valence electrons. The lowest BCUT2D eigenvalue weighted by molar-refractivity contribution is 0.0583. The maximum absolute atomic E-state index is 13.2. The van der Waals surface area contributed by atoms with Crippen LogP contribution in [0.4, 0.5) is 4.39 Å². The van der Waals surface area contributed by atoms with Crippen molar-refractivity contribution < 1.29 is 9.18 Å². The molecule has 0 unspecified atom stereocenters. The fraction of sp³-hybridized carbons (Fsp3) is 0.500. The molecule has 1 fully saturated rings. The van der Waals surface area contributed by atoms with Crippen LogP contribution >= 0.6 is 15.9 Å². The molecule has 0 radical (unpaired) electrons. The number of carbonyl (C=O) groups excluding carboxylic acids is 1. The third kappa shape index (κ3) is 3.15. The first-order valence-electron chi connectivity index (χ1n) is 6.52. The van der Waals surface area contributed by atoms with E-state index in [9.17, 15) is 9.18 Å². The number of rotatable bonds is 2. The number of carbonyl (C=O) groups is 1. The Morgan fingerprint density at radius 3 is 2.89 bits per heavy atom. The molecule has 0 aromatic heterocycles. The minimum absolute atomic E-state index is 0.0480. The van der Waals surface area contributed by atoms with Gasteiger partial charge in [-0.25, -0.2) is 4.39 Å². The van der Waals surface area contributed by atoms with E-state index in [4.69, 9.17) is 5.73 Å². The van der Waals surface area contributed by atoms with Crippen molar-refractivity contribution in [2.45, 2.75) is 38.3 Å². The van der Waals surface area contributed by atoms with Gasteiger partial charge >= 0.3 is 0 Å². The third-order valence-corrected chi connectivity index (χ3v) is 4.19. The van der Waals surface area contributed by atoms with Crippen LogP contribution in [0.15, 0.2) is 22.7 Å². The molecule has 0 aliphatic carbocycles. The quantitative estimate of drug-likeness (QED) is 0.907. The van der Waals surface area contributed by atoms with Crippen LogP contribution in [0, 0.1) is 5.82 Å². The minimum Gasteiger partial charge on any atom is -0.334 e. The molecule has 1 heterocycles. The number of hydrogen-bond acceptors (Lipinski definition) is 2. The fourth-order valence-corrected chi connectivity index (χ4v) is 2.93. The Bertz CT molecular complexity index is 479. The van der Waals surface area contributed by atoms with Crippen molar-refractivity contribution in [1.82, 2.24) is 4.90 Å². The van der Waals surface area contributed by atoms with E-state index >= 15 is 0 Å². The number of halogens is 2. The van der Waals surface area contributed by atoms with Crippen molar-refractivity contribution in [2.75, 3.05) is 6.54 Å². The van der Waals surface area contributed by atoms with Gasteiger partial charge in [-0.05, 0) is 60.3 Å². The standard InChI is InChI=1S/C14H18BrFN2O/c1-9(17)13-4-2-3-7-18(13)14(19)10-5-6-12(16)11(15)8-10/h5-6,8-9,13H,2-4,7,17H2,1H3/t9-,13+/m1/s1. The van der Waals surface area contributed by atoms with Crippen molar-refractivity contribution in [1.29, 1.82) is 0 Å². The van der Waals surface area contributed by atoms with Gasteiger partial charge in [0.05, 0.1) is 4.47 Å².